The van der Waals surface area contributed by atoms with E-state index in [1.165, 1.54) is 0 Å². The highest BCUT2D eigenvalue weighted by Gasteiger charge is 2.54. The van der Waals surface area contributed by atoms with Gasteiger partial charge in [-0.15, -0.1) is 6.58 Å². The molecule has 2 aliphatic rings. The first-order chi connectivity index (χ1) is 15.4. The Bertz CT molecular complexity index is 972. The number of carbonyl (C=O) groups excluding carboxylic acids is 1. The third-order valence-electron chi connectivity index (χ3n) is 7.39. The number of benzene rings is 2. The lowest BCUT2D eigenvalue weighted by Crippen LogP contribution is -2.57. The molecule has 0 radical (unpaired) electrons. The highest BCUT2D eigenvalue weighted by molar-refractivity contribution is 6.30. The minimum Gasteiger partial charge on any atom is -0.394 e. The molecule has 1 unspecified atom stereocenters. The van der Waals surface area contributed by atoms with Gasteiger partial charge in [0, 0.05) is 16.0 Å². The largest absolute Gasteiger partial charge is 0.394 e. The number of carbonyl (C=O) groups is 1. The number of allylic oxidation sites excluding steroid dienone is 1. The quantitative estimate of drug-likeness (QED) is 0.430. The zero-order chi connectivity index (χ0) is 22.9. The summed E-state index contributed by atoms with van der Waals surface area (Å²) >= 11 is 12.6. The van der Waals surface area contributed by atoms with Crippen LogP contribution in [-0.4, -0.2) is 28.6 Å². The summed E-state index contributed by atoms with van der Waals surface area (Å²) in [5.74, 6) is 0.513. The van der Waals surface area contributed by atoms with Gasteiger partial charge in [0.1, 0.15) is 0 Å². The van der Waals surface area contributed by atoms with Crippen molar-refractivity contribution in [1.29, 1.82) is 0 Å². The monoisotopic (exact) mass is 471 g/mol. The molecule has 0 spiro atoms. The van der Waals surface area contributed by atoms with Crippen molar-refractivity contribution >= 4 is 29.1 Å². The van der Waals surface area contributed by atoms with Crippen LogP contribution in [0, 0.1) is 11.3 Å². The van der Waals surface area contributed by atoms with Crippen LogP contribution in [0.2, 0.25) is 10.0 Å². The van der Waals surface area contributed by atoms with Crippen LogP contribution in [0.15, 0.2) is 61.2 Å². The second-order valence-corrected chi connectivity index (χ2v) is 10.2. The van der Waals surface area contributed by atoms with E-state index < -0.39 is 5.41 Å². The predicted molar refractivity (Wildman–Crippen MR) is 131 cm³/mol. The predicted octanol–water partition coefficient (Wildman–Crippen LogP) is 6.79. The highest BCUT2D eigenvalue weighted by atomic mass is 35.5. The van der Waals surface area contributed by atoms with Gasteiger partial charge >= 0.3 is 0 Å². The number of piperidine rings is 1. The fraction of sp³-hybridized carbons (Fsp3) is 0.444. The Kier molecular flexibility index (Phi) is 7.00. The summed E-state index contributed by atoms with van der Waals surface area (Å²) in [6.07, 6.45) is 6.01. The molecule has 4 rings (SSSR count). The molecule has 5 heteroatoms. The maximum atomic E-state index is 14.2. The molecule has 1 saturated carbocycles. The topological polar surface area (TPSA) is 40.5 Å². The van der Waals surface area contributed by atoms with Crippen LogP contribution >= 0.6 is 23.2 Å². The van der Waals surface area contributed by atoms with Crippen molar-refractivity contribution in [3.05, 3.63) is 82.4 Å². The van der Waals surface area contributed by atoms with Crippen LogP contribution in [0.4, 0.5) is 0 Å². The van der Waals surface area contributed by atoms with E-state index in [0.29, 0.717) is 28.8 Å². The Balaban J connectivity index is 1.91. The van der Waals surface area contributed by atoms with E-state index in [9.17, 15) is 9.90 Å². The number of hydrogen-bond acceptors (Lipinski definition) is 2. The van der Waals surface area contributed by atoms with Gasteiger partial charge < -0.3 is 10.0 Å². The van der Waals surface area contributed by atoms with Gasteiger partial charge in [0.2, 0.25) is 5.91 Å². The van der Waals surface area contributed by atoms with Gasteiger partial charge in [-0.2, -0.15) is 0 Å². The molecule has 1 aliphatic carbocycles. The van der Waals surface area contributed by atoms with Gasteiger partial charge in [0.15, 0.2) is 0 Å². The first-order valence-electron chi connectivity index (χ1n) is 11.5. The van der Waals surface area contributed by atoms with Crippen molar-refractivity contribution in [2.75, 3.05) is 6.61 Å². The summed E-state index contributed by atoms with van der Waals surface area (Å²) in [6, 6.07) is 15.4. The fourth-order valence-electron chi connectivity index (χ4n) is 5.49. The number of halogens is 2. The number of rotatable bonds is 8. The Hall–Kier alpha value is -1.81. The molecule has 0 aromatic heterocycles. The lowest BCUT2D eigenvalue weighted by atomic mass is 9.65. The van der Waals surface area contributed by atoms with Crippen molar-refractivity contribution in [3.63, 3.8) is 0 Å². The number of hydrogen-bond donors (Lipinski definition) is 1. The van der Waals surface area contributed by atoms with Crippen LogP contribution < -0.4 is 0 Å². The zero-order valence-electron chi connectivity index (χ0n) is 18.5. The SMILES string of the molecule is C=CC[C@@]1(CC)C[C@H](c2cccc(Cl)c2)[C@@H](c2ccc(Cl)cc2)N(C(CO)C2CC2)C1=O. The summed E-state index contributed by atoms with van der Waals surface area (Å²) in [5.41, 5.74) is 1.61. The first kappa shape index (κ1) is 23.4. The average molecular weight is 472 g/mol. The van der Waals surface area contributed by atoms with Gasteiger partial charge in [-0.1, -0.05) is 60.5 Å². The minimum atomic E-state index is -0.542. The molecular formula is C27H31Cl2NO2. The van der Waals surface area contributed by atoms with E-state index in [4.69, 9.17) is 23.2 Å². The van der Waals surface area contributed by atoms with Gasteiger partial charge in [0.25, 0.3) is 0 Å². The molecule has 2 aromatic carbocycles. The lowest BCUT2D eigenvalue weighted by Gasteiger charge is -2.53. The van der Waals surface area contributed by atoms with Crippen molar-refractivity contribution in [2.24, 2.45) is 11.3 Å². The van der Waals surface area contributed by atoms with E-state index in [1.807, 2.05) is 53.4 Å². The molecule has 1 heterocycles. The van der Waals surface area contributed by atoms with Crippen molar-refractivity contribution in [2.45, 2.75) is 57.0 Å². The third kappa shape index (κ3) is 4.35. The first-order valence-corrected chi connectivity index (χ1v) is 12.2. The molecule has 1 N–H and O–H groups in total. The Morgan fingerprint density at radius 3 is 2.44 bits per heavy atom. The van der Waals surface area contributed by atoms with Crippen molar-refractivity contribution < 1.29 is 9.90 Å². The van der Waals surface area contributed by atoms with Crippen molar-refractivity contribution in [1.82, 2.24) is 4.90 Å². The smallest absolute Gasteiger partial charge is 0.229 e. The third-order valence-corrected chi connectivity index (χ3v) is 7.88. The maximum absolute atomic E-state index is 14.2. The number of amides is 1. The minimum absolute atomic E-state index is 0.0311. The molecule has 0 bridgehead atoms. The van der Waals surface area contributed by atoms with Crippen LogP contribution in [0.3, 0.4) is 0 Å². The highest BCUT2D eigenvalue weighted by Crippen LogP contribution is 2.55. The second kappa shape index (κ2) is 9.59. The standard InChI is InChI=1S/C27H31Cl2NO2/c1-3-14-27(4-2)16-23(20-6-5-7-22(29)15-20)25(19-10-12-21(28)13-11-19)30(26(27)32)24(17-31)18-8-9-18/h3,5-7,10-13,15,18,23-25,31H,1,4,8-9,14,16-17H2,2H3/t23-,24?,25-,27+/m1/s1. The van der Waals surface area contributed by atoms with E-state index in [-0.39, 0.29) is 30.5 Å². The van der Waals surface area contributed by atoms with Gasteiger partial charge in [-0.05, 0) is 73.4 Å². The van der Waals surface area contributed by atoms with E-state index in [1.54, 1.807) is 0 Å². The van der Waals surface area contributed by atoms with E-state index in [0.717, 1.165) is 30.4 Å². The average Bonchev–Trinajstić information content (AvgIpc) is 3.63. The lowest BCUT2D eigenvalue weighted by molar-refractivity contribution is -0.158. The molecule has 4 atom stereocenters. The Morgan fingerprint density at radius 2 is 1.88 bits per heavy atom. The molecule has 2 fully saturated rings. The van der Waals surface area contributed by atoms with Crippen LogP contribution in [0.25, 0.3) is 0 Å². The number of aliphatic hydroxyl groups is 1. The maximum Gasteiger partial charge on any atom is 0.229 e. The summed E-state index contributed by atoms with van der Waals surface area (Å²) in [6.45, 7) is 6.02. The molecule has 1 amide bonds. The summed E-state index contributed by atoms with van der Waals surface area (Å²) < 4.78 is 0. The van der Waals surface area contributed by atoms with Crippen molar-refractivity contribution in [3.8, 4) is 0 Å². The van der Waals surface area contributed by atoms with Gasteiger partial charge in [-0.3, -0.25) is 4.79 Å². The summed E-state index contributed by atoms with van der Waals surface area (Å²) in [5, 5.41) is 11.8. The normalized spacial score (nSPS) is 26.8. The fourth-order valence-corrected chi connectivity index (χ4v) is 5.82. The molecule has 32 heavy (non-hydrogen) atoms. The Labute approximate surface area is 201 Å². The van der Waals surface area contributed by atoms with Crippen LogP contribution in [0.5, 0.6) is 0 Å². The molecular weight excluding hydrogens is 441 g/mol. The summed E-state index contributed by atoms with van der Waals surface area (Å²) in [4.78, 5) is 16.2. The summed E-state index contributed by atoms with van der Waals surface area (Å²) in [7, 11) is 0. The number of nitrogens with zero attached hydrogens (tertiary/aromatic N) is 1. The van der Waals surface area contributed by atoms with Gasteiger partial charge in [0.05, 0.1) is 24.1 Å². The molecule has 3 nitrogen and oxygen atoms in total. The van der Waals surface area contributed by atoms with Crippen LogP contribution in [-0.2, 0) is 4.79 Å². The van der Waals surface area contributed by atoms with Gasteiger partial charge in [-0.25, -0.2) is 0 Å². The molecule has 170 valence electrons. The second-order valence-electron chi connectivity index (χ2n) is 9.29. The zero-order valence-corrected chi connectivity index (χ0v) is 20.0. The molecule has 1 aliphatic heterocycles. The van der Waals surface area contributed by atoms with Crippen LogP contribution in [0.1, 0.15) is 62.1 Å². The number of likely N-dealkylation sites (tertiary alicyclic amines) is 1. The van der Waals surface area contributed by atoms with E-state index in [2.05, 4.69) is 19.6 Å². The molecule has 2 aromatic rings. The molecule has 1 saturated heterocycles. The number of aliphatic hydroxyl groups excluding tert-OH is 1. The Morgan fingerprint density at radius 1 is 1.16 bits per heavy atom. The van der Waals surface area contributed by atoms with E-state index >= 15 is 0 Å².